The summed E-state index contributed by atoms with van der Waals surface area (Å²) in [5.41, 5.74) is 5.01. The maximum Gasteiger partial charge on any atom is 0.325 e. The van der Waals surface area contributed by atoms with Crippen LogP contribution >= 0.6 is 0 Å². The van der Waals surface area contributed by atoms with Gasteiger partial charge in [-0.1, -0.05) is 5.16 Å². The number of methoxy groups -OCH3 is 2. The van der Waals surface area contributed by atoms with Gasteiger partial charge in [-0.05, 0) is 6.92 Å². The smallest absolute Gasteiger partial charge is 0.325 e. The molecule has 0 aliphatic carbocycles. The standard InChI is InChI=1S/C13H13F2N3O4/c1-6-4-9(17-22-6)18(13(16)19)8-5-7(14)11(20-2)10(15)12(8)21-3/h4-5H,1-3H3,(H2,16,19). The van der Waals surface area contributed by atoms with Gasteiger partial charge in [0.1, 0.15) is 11.4 Å². The summed E-state index contributed by atoms with van der Waals surface area (Å²) in [5, 5.41) is 3.61. The molecular formula is C13H13F2N3O4. The summed E-state index contributed by atoms with van der Waals surface area (Å²) in [6.45, 7) is 1.59. The van der Waals surface area contributed by atoms with E-state index in [1.165, 1.54) is 6.07 Å². The SMILES string of the molecule is COc1c(F)cc(N(C(N)=O)c2cc(C)on2)c(OC)c1F. The number of primary amides is 1. The molecule has 0 radical (unpaired) electrons. The largest absolute Gasteiger partial charge is 0.491 e. The molecule has 9 heteroatoms. The Morgan fingerprint density at radius 1 is 1.27 bits per heavy atom. The molecule has 0 fully saturated rings. The highest BCUT2D eigenvalue weighted by molar-refractivity contribution is 5.99. The lowest BCUT2D eigenvalue weighted by molar-refractivity contribution is 0.255. The number of carbonyl (C=O) groups is 1. The number of aromatic nitrogens is 1. The van der Waals surface area contributed by atoms with E-state index in [0.717, 1.165) is 25.2 Å². The van der Waals surface area contributed by atoms with Crippen molar-refractivity contribution in [1.82, 2.24) is 5.16 Å². The highest BCUT2D eigenvalue weighted by Gasteiger charge is 2.28. The second kappa shape index (κ2) is 5.88. The molecule has 0 bridgehead atoms. The lowest BCUT2D eigenvalue weighted by Gasteiger charge is -2.21. The van der Waals surface area contributed by atoms with Crippen LogP contribution in [0.2, 0.25) is 0 Å². The molecule has 2 amide bonds. The van der Waals surface area contributed by atoms with Crippen molar-refractivity contribution in [3.05, 3.63) is 29.5 Å². The van der Waals surface area contributed by atoms with E-state index in [0.29, 0.717) is 5.76 Å². The van der Waals surface area contributed by atoms with Crippen molar-refractivity contribution < 1.29 is 27.6 Å². The third-order valence-electron chi connectivity index (χ3n) is 2.83. The van der Waals surface area contributed by atoms with Gasteiger partial charge in [0.05, 0.1) is 14.2 Å². The first-order valence-corrected chi connectivity index (χ1v) is 6.03. The number of nitrogens with two attached hydrogens (primary N) is 1. The number of hydrogen-bond acceptors (Lipinski definition) is 5. The average molecular weight is 313 g/mol. The molecule has 22 heavy (non-hydrogen) atoms. The van der Waals surface area contributed by atoms with Crippen LogP contribution in [-0.4, -0.2) is 25.4 Å². The summed E-state index contributed by atoms with van der Waals surface area (Å²) in [7, 11) is 2.26. The van der Waals surface area contributed by atoms with E-state index in [9.17, 15) is 13.6 Å². The van der Waals surface area contributed by atoms with E-state index < -0.39 is 29.2 Å². The first-order chi connectivity index (χ1) is 10.4. The van der Waals surface area contributed by atoms with Crippen LogP contribution in [0.3, 0.4) is 0 Å². The Morgan fingerprint density at radius 2 is 1.91 bits per heavy atom. The van der Waals surface area contributed by atoms with E-state index in [1.54, 1.807) is 6.92 Å². The van der Waals surface area contributed by atoms with E-state index in [2.05, 4.69) is 9.89 Å². The van der Waals surface area contributed by atoms with Gasteiger partial charge < -0.3 is 19.7 Å². The van der Waals surface area contributed by atoms with Gasteiger partial charge >= 0.3 is 6.03 Å². The van der Waals surface area contributed by atoms with Crippen molar-refractivity contribution in [2.45, 2.75) is 6.92 Å². The summed E-state index contributed by atoms with van der Waals surface area (Å²) >= 11 is 0. The number of urea groups is 1. The topological polar surface area (TPSA) is 90.8 Å². The number of ether oxygens (including phenoxy) is 2. The number of anilines is 2. The van der Waals surface area contributed by atoms with Gasteiger partial charge in [0, 0.05) is 12.1 Å². The Hall–Kier alpha value is -2.84. The summed E-state index contributed by atoms with van der Waals surface area (Å²) in [6, 6.07) is 1.22. The van der Waals surface area contributed by atoms with Gasteiger partial charge in [0.2, 0.25) is 5.82 Å². The fourth-order valence-electron chi connectivity index (χ4n) is 1.93. The molecule has 0 atom stereocenters. The normalized spacial score (nSPS) is 10.4. The Kier molecular flexibility index (Phi) is 4.15. The van der Waals surface area contributed by atoms with Crippen LogP contribution in [0.25, 0.3) is 0 Å². The molecule has 2 rings (SSSR count). The lowest BCUT2D eigenvalue weighted by Crippen LogP contribution is -2.32. The number of carbonyl (C=O) groups excluding carboxylic acids is 1. The zero-order valence-electron chi connectivity index (χ0n) is 12.0. The average Bonchev–Trinajstić information content (AvgIpc) is 2.85. The number of hydrogen-bond donors (Lipinski definition) is 1. The summed E-state index contributed by atoms with van der Waals surface area (Å²) in [5.74, 6) is -2.84. The Balaban J connectivity index is 2.69. The maximum absolute atomic E-state index is 14.2. The zero-order chi connectivity index (χ0) is 16.4. The number of aryl methyl sites for hydroxylation is 1. The Morgan fingerprint density at radius 3 is 2.36 bits per heavy atom. The van der Waals surface area contributed by atoms with Crippen molar-refractivity contribution in [2.75, 3.05) is 19.1 Å². The summed E-state index contributed by atoms with van der Waals surface area (Å²) in [4.78, 5) is 12.5. The fraction of sp³-hybridized carbons (Fsp3) is 0.231. The molecule has 2 aromatic rings. The highest BCUT2D eigenvalue weighted by Crippen LogP contribution is 2.41. The van der Waals surface area contributed by atoms with Crippen LogP contribution in [0.1, 0.15) is 5.76 Å². The van der Waals surface area contributed by atoms with Gasteiger partial charge in [-0.3, -0.25) is 0 Å². The van der Waals surface area contributed by atoms with E-state index >= 15 is 0 Å². The molecule has 118 valence electrons. The molecule has 0 saturated carbocycles. The van der Waals surface area contributed by atoms with Crippen molar-refractivity contribution in [3.8, 4) is 11.5 Å². The first-order valence-electron chi connectivity index (χ1n) is 6.03. The van der Waals surface area contributed by atoms with E-state index in [4.69, 9.17) is 15.0 Å². The molecule has 0 unspecified atom stereocenters. The molecule has 1 heterocycles. The minimum absolute atomic E-state index is 0.0349. The number of amides is 2. The third kappa shape index (κ3) is 2.52. The van der Waals surface area contributed by atoms with Crippen LogP contribution in [0, 0.1) is 18.6 Å². The lowest BCUT2D eigenvalue weighted by atomic mass is 10.2. The van der Waals surface area contributed by atoms with E-state index in [1.807, 2.05) is 0 Å². The van der Waals surface area contributed by atoms with Crippen molar-refractivity contribution in [3.63, 3.8) is 0 Å². The summed E-state index contributed by atoms with van der Waals surface area (Å²) < 4.78 is 42.5. The predicted octanol–water partition coefficient (Wildman–Crippen LogP) is 2.50. The zero-order valence-corrected chi connectivity index (χ0v) is 12.0. The van der Waals surface area contributed by atoms with Crippen LogP contribution in [0.15, 0.2) is 16.7 Å². The maximum atomic E-state index is 14.2. The molecule has 0 saturated heterocycles. The molecule has 0 aliphatic rings. The van der Waals surface area contributed by atoms with Crippen molar-refractivity contribution >= 4 is 17.5 Å². The Labute approximate surface area is 124 Å². The fourth-order valence-corrected chi connectivity index (χ4v) is 1.93. The van der Waals surface area contributed by atoms with Gasteiger partial charge in [0.25, 0.3) is 0 Å². The van der Waals surface area contributed by atoms with E-state index in [-0.39, 0.29) is 11.5 Å². The van der Waals surface area contributed by atoms with Gasteiger partial charge in [-0.2, -0.15) is 4.39 Å². The molecule has 7 nitrogen and oxygen atoms in total. The van der Waals surface area contributed by atoms with Gasteiger partial charge in [0.15, 0.2) is 23.1 Å². The van der Waals surface area contributed by atoms with Crippen LogP contribution < -0.4 is 20.1 Å². The molecule has 1 aromatic heterocycles. The van der Waals surface area contributed by atoms with Gasteiger partial charge in [-0.25, -0.2) is 14.1 Å². The second-order valence-electron chi connectivity index (χ2n) is 4.23. The minimum atomic E-state index is -1.11. The molecular weight excluding hydrogens is 300 g/mol. The van der Waals surface area contributed by atoms with Crippen LogP contribution in [0.5, 0.6) is 11.5 Å². The monoisotopic (exact) mass is 313 g/mol. The molecule has 1 aromatic carbocycles. The van der Waals surface area contributed by atoms with Gasteiger partial charge in [-0.15, -0.1) is 0 Å². The van der Waals surface area contributed by atoms with Crippen LogP contribution in [-0.2, 0) is 0 Å². The molecule has 2 N–H and O–H groups in total. The number of nitrogens with zero attached hydrogens (tertiary/aromatic N) is 2. The van der Waals surface area contributed by atoms with Crippen molar-refractivity contribution in [2.24, 2.45) is 5.73 Å². The van der Waals surface area contributed by atoms with Crippen molar-refractivity contribution in [1.29, 1.82) is 0 Å². The first kappa shape index (κ1) is 15.5. The number of benzene rings is 1. The van der Waals surface area contributed by atoms with Crippen LogP contribution in [0.4, 0.5) is 25.1 Å². The minimum Gasteiger partial charge on any atom is -0.491 e. The highest BCUT2D eigenvalue weighted by atomic mass is 19.1. The number of halogens is 2. The quantitative estimate of drug-likeness (QED) is 0.936. The summed E-state index contributed by atoms with van der Waals surface area (Å²) in [6.07, 6.45) is 0. The Bertz CT molecular complexity index is 718. The number of rotatable bonds is 4. The third-order valence-corrected chi connectivity index (χ3v) is 2.83. The predicted molar refractivity (Wildman–Crippen MR) is 72.4 cm³/mol. The molecule has 0 spiro atoms. The second-order valence-corrected chi connectivity index (χ2v) is 4.23. The molecule has 0 aliphatic heterocycles.